The van der Waals surface area contributed by atoms with Crippen molar-refractivity contribution in [2.24, 2.45) is 0 Å². The van der Waals surface area contributed by atoms with Crippen LogP contribution in [-0.2, 0) is 6.18 Å². The SMILES string of the molecule is CC(C)N(C)c1nc2ccccc2nc1-c1cn[nH]c1C(F)(F)F. The number of fused-ring (bicyclic) bond motifs is 1. The van der Waals surface area contributed by atoms with Gasteiger partial charge < -0.3 is 4.90 Å². The lowest BCUT2D eigenvalue weighted by Crippen LogP contribution is -2.27. The minimum atomic E-state index is -4.55. The molecule has 0 aliphatic carbocycles. The summed E-state index contributed by atoms with van der Waals surface area (Å²) in [4.78, 5) is 10.8. The van der Waals surface area contributed by atoms with E-state index in [1.54, 1.807) is 30.1 Å². The summed E-state index contributed by atoms with van der Waals surface area (Å²) in [5.41, 5.74) is 0.281. The second kappa shape index (κ2) is 5.77. The second-order valence-corrected chi connectivity index (χ2v) is 5.75. The van der Waals surface area contributed by atoms with Gasteiger partial charge in [0.25, 0.3) is 0 Å². The molecule has 5 nitrogen and oxygen atoms in total. The molecule has 0 aliphatic heterocycles. The van der Waals surface area contributed by atoms with E-state index in [0.717, 1.165) is 6.20 Å². The molecule has 3 rings (SSSR count). The van der Waals surface area contributed by atoms with Gasteiger partial charge in [0.05, 0.1) is 22.8 Å². The Hall–Kier alpha value is -2.64. The number of anilines is 1. The van der Waals surface area contributed by atoms with Crippen LogP contribution in [0.1, 0.15) is 19.5 Å². The lowest BCUT2D eigenvalue weighted by Gasteiger charge is -2.25. The van der Waals surface area contributed by atoms with Crippen molar-refractivity contribution in [2.75, 3.05) is 11.9 Å². The lowest BCUT2D eigenvalue weighted by molar-refractivity contribution is -0.140. The minimum Gasteiger partial charge on any atom is -0.355 e. The van der Waals surface area contributed by atoms with E-state index in [9.17, 15) is 13.2 Å². The van der Waals surface area contributed by atoms with E-state index in [0.29, 0.717) is 16.9 Å². The van der Waals surface area contributed by atoms with Gasteiger partial charge in [0.2, 0.25) is 0 Å². The van der Waals surface area contributed by atoms with Crippen molar-refractivity contribution in [1.29, 1.82) is 0 Å². The van der Waals surface area contributed by atoms with Crippen LogP contribution >= 0.6 is 0 Å². The van der Waals surface area contributed by atoms with Gasteiger partial charge in [-0.15, -0.1) is 0 Å². The number of aromatic amines is 1. The van der Waals surface area contributed by atoms with Crippen molar-refractivity contribution in [3.8, 4) is 11.3 Å². The average Bonchev–Trinajstić information content (AvgIpc) is 3.02. The largest absolute Gasteiger partial charge is 0.433 e. The number of rotatable bonds is 3. The molecule has 0 aliphatic rings. The summed E-state index contributed by atoms with van der Waals surface area (Å²) in [5.74, 6) is 0.385. The highest BCUT2D eigenvalue weighted by Gasteiger charge is 2.37. The molecule has 1 aromatic carbocycles. The molecule has 0 saturated carbocycles. The van der Waals surface area contributed by atoms with Gasteiger partial charge in [0.15, 0.2) is 5.82 Å². The first-order valence-corrected chi connectivity index (χ1v) is 7.39. The van der Waals surface area contributed by atoms with E-state index in [1.165, 1.54) is 0 Å². The third-order valence-corrected chi connectivity index (χ3v) is 3.84. The highest BCUT2D eigenvalue weighted by atomic mass is 19.4. The molecule has 8 heteroatoms. The van der Waals surface area contributed by atoms with Gasteiger partial charge in [0, 0.05) is 13.1 Å². The Labute approximate surface area is 136 Å². The van der Waals surface area contributed by atoms with Crippen LogP contribution in [-0.4, -0.2) is 33.3 Å². The Morgan fingerprint density at radius 2 is 1.71 bits per heavy atom. The first kappa shape index (κ1) is 16.2. The molecule has 126 valence electrons. The maximum Gasteiger partial charge on any atom is 0.433 e. The van der Waals surface area contributed by atoms with Crippen molar-refractivity contribution in [3.63, 3.8) is 0 Å². The average molecular weight is 335 g/mol. The van der Waals surface area contributed by atoms with Crippen molar-refractivity contribution in [3.05, 3.63) is 36.2 Å². The molecule has 0 atom stereocenters. The summed E-state index contributed by atoms with van der Waals surface area (Å²) < 4.78 is 39.7. The molecule has 0 bridgehead atoms. The van der Waals surface area contributed by atoms with E-state index in [-0.39, 0.29) is 17.3 Å². The molecule has 0 radical (unpaired) electrons. The predicted octanol–water partition coefficient (Wildman–Crippen LogP) is 3.88. The van der Waals surface area contributed by atoms with Crippen molar-refractivity contribution in [2.45, 2.75) is 26.1 Å². The molecule has 3 aromatic rings. The Kier molecular flexibility index (Phi) is 3.90. The van der Waals surface area contributed by atoms with Gasteiger partial charge in [-0.3, -0.25) is 5.10 Å². The highest BCUT2D eigenvalue weighted by molar-refractivity contribution is 5.84. The molecule has 0 saturated heterocycles. The van der Waals surface area contributed by atoms with Gasteiger partial charge in [-0.25, -0.2) is 9.97 Å². The monoisotopic (exact) mass is 335 g/mol. The third-order valence-electron chi connectivity index (χ3n) is 3.84. The molecule has 24 heavy (non-hydrogen) atoms. The molecule has 0 fully saturated rings. The fourth-order valence-electron chi connectivity index (χ4n) is 2.34. The molecule has 0 amide bonds. The van der Waals surface area contributed by atoms with Crippen LogP contribution in [0.15, 0.2) is 30.5 Å². The Morgan fingerprint density at radius 1 is 1.08 bits per heavy atom. The maximum absolute atomic E-state index is 13.2. The Morgan fingerprint density at radius 3 is 2.29 bits per heavy atom. The molecule has 0 unspecified atom stereocenters. The summed E-state index contributed by atoms with van der Waals surface area (Å²) >= 11 is 0. The number of H-pyrrole nitrogens is 1. The smallest absolute Gasteiger partial charge is 0.355 e. The summed E-state index contributed by atoms with van der Waals surface area (Å²) in [6.45, 7) is 3.86. The Balaban J connectivity index is 2.30. The zero-order valence-corrected chi connectivity index (χ0v) is 13.4. The quantitative estimate of drug-likeness (QED) is 0.789. The number of aromatic nitrogens is 4. The van der Waals surface area contributed by atoms with Gasteiger partial charge in [-0.2, -0.15) is 18.3 Å². The first-order valence-electron chi connectivity index (χ1n) is 7.39. The summed E-state index contributed by atoms with van der Waals surface area (Å²) in [5, 5.41) is 5.59. The van der Waals surface area contributed by atoms with Crippen LogP contribution in [0.3, 0.4) is 0 Å². The molecule has 2 aromatic heterocycles. The maximum atomic E-state index is 13.2. The van der Waals surface area contributed by atoms with E-state index < -0.39 is 11.9 Å². The first-order chi connectivity index (χ1) is 11.3. The van der Waals surface area contributed by atoms with Crippen molar-refractivity contribution in [1.82, 2.24) is 20.2 Å². The molecule has 1 N–H and O–H groups in total. The highest BCUT2D eigenvalue weighted by Crippen LogP contribution is 2.38. The van der Waals surface area contributed by atoms with E-state index >= 15 is 0 Å². The summed E-state index contributed by atoms with van der Waals surface area (Å²) in [6.07, 6.45) is -3.41. The van der Waals surface area contributed by atoms with Gasteiger partial charge >= 0.3 is 6.18 Å². The number of para-hydroxylation sites is 2. The van der Waals surface area contributed by atoms with Crippen LogP contribution in [0.2, 0.25) is 0 Å². The van der Waals surface area contributed by atoms with Gasteiger partial charge in [-0.05, 0) is 26.0 Å². The zero-order valence-electron chi connectivity index (χ0n) is 13.4. The van der Waals surface area contributed by atoms with Crippen molar-refractivity contribution >= 4 is 16.9 Å². The number of benzene rings is 1. The van der Waals surface area contributed by atoms with E-state index in [1.807, 2.05) is 25.0 Å². The fourth-order valence-corrected chi connectivity index (χ4v) is 2.34. The zero-order chi connectivity index (χ0) is 17.5. The molecular formula is C16H16F3N5. The third kappa shape index (κ3) is 2.79. The Bertz CT molecular complexity index is 870. The minimum absolute atomic E-state index is 0.0421. The summed E-state index contributed by atoms with van der Waals surface area (Å²) in [7, 11) is 1.78. The number of halogens is 3. The normalized spacial score (nSPS) is 12.1. The van der Waals surface area contributed by atoms with Crippen LogP contribution < -0.4 is 4.90 Å². The number of nitrogens with one attached hydrogen (secondary N) is 1. The predicted molar refractivity (Wildman–Crippen MR) is 85.7 cm³/mol. The van der Waals surface area contributed by atoms with E-state index in [4.69, 9.17) is 0 Å². The van der Waals surface area contributed by atoms with Crippen LogP contribution in [0, 0.1) is 0 Å². The molecule has 0 spiro atoms. The van der Waals surface area contributed by atoms with Gasteiger partial charge in [-0.1, -0.05) is 12.1 Å². The number of hydrogen-bond donors (Lipinski definition) is 1. The van der Waals surface area contributed by atoms with Crippen LogP contribution in [0.25, 0.3) is 22.3 Å². The van der Waals surface area contributed by atoms with Crippen molar-refractivity contribution < 1.29 is 13.2 Å². The lowest BCUT2D eigenvalue weighted by atomic mass is 10.1. The van der Waals surface area contributed by atoms with Crippen LogP contribution in [0.4, 0.5) is 19.0 Å². The second-order valence-electron chi connectivity index (χ2n) is 5.75. The fraction of sp³-hybridized carbons (Fsp3) is 0.312. The summed E-state index contributed by atoms with van der Waals surface area (Å²) in [6, 6.07) is 7.13. The number of alkyl halides is 3. The standard InChI is InChI=1S/C16H16F3N5/c1-9(2)24(3)15-13(10-8-20-23-14(10)16(17,18)19)21-11-6-4-5-7-12(11)22-15/h4-9H,1-3H3,(H,20,23). The number of nitrogens with zero attached hydrogens (tertiary/aromatic N) is 4. The topological polar surface area (TPSA) is 57.7 Å². The number of hydrogen-bond acceptors (Lipinski definition) is 4. The molecular weight excluding hydrogens is 319 g/mol. The van der Waals surface area contributed by atoms with E-state index in [2.05, 4.69) is 15.1 Å². The molecule has 2 heterocycles. The van der Waals surface area contributed by atoms with Crippen LogP contribution in [0.5, 0.6) is 0 Å². The van der Waals surface area contributed by atoms with Gasteiger partial charge in [0.1, 0.15) is 11.4 Å².